The molecule has 0 spiro atoms. The van der Waals surface area contributed by atoms with Gasteiger partial charge in [-0.3, -0.25) is 4.98 Å². The predicted octanol–water partition coefficient (Wildman–Crippen LogP) is 3.78. The van der Waals surface area contributed by atoms with Crippen molar-refractivity contribution in [3.63, 3.8) is 0 Å². The molecular formula is C20H20ClN3O3. The fourth-order valence-corrected chi connectivity index (χ4v) is 3.55. The van der Waals surface area contributed by atoms with Crippen molar-refractivity contribution in [1.82, 2.24) is 15.3 Å². The number of ether oxygens (including phenoxy) is 1. The first-order valence-electron chi connectivity index (χ1n) is 8.83. The zero-order valence-electron chi connectivity index (χ0n) is 14.9. The Morgan fingerprint density at radius 1 is 1.26 bits per heavy atom. The second-order valence-corrected chi connectivity index (χ2v) is 6.89. The van der Waals surface area contributed by atoms with Gasteiger partial charge in [0.25, 0.3) is 0 Å². The third kappa shape index (κ3) is 3.72. The molecule has 0 atom stereocenters. The molecule has 140 valence electrons. The van der Waals surface area contributed by atoms with E-state index in [-0.39, 0.29) is 0 Å². The van der Waals surface area contributed by atoms with Crippen LogP contribution in [0.1, 0.15) is 11.1 Å². The molecule has 0 unspecified atom stereocenters. The van der Waals surface area contributed by atoms with Gasteiger partial charge in [-0.15, -0.1) is 0 Å². The molecule has 0 aliphatic rings. The summed E-state index contributed by atoms with van der Waals surface area (Å²) < 4.78 is 10.8. The normalized spacial score (nSPS) is 11.5. The second kappa shape index (κ2) is 7.50. The number of benzene rings is 2. The van der Waals surface area contributed by atoms with Crippen LogP contribution < -0.4 is 15.8 Å². The number of para-hydroxylation sites is 1. The number of aryl methyl sites for hydroxylation is 1. The van der Waals surface area contributed by atoms with Crippen LogP contribution in [-0.2, 0) is 6.42 Å². The highest BCUT2D eigenvalue weighted by Gasteiger charge is 2.08. The molecule has 0 saturated heterocycles. The molecule has 0 aliphatic heterocycles. The summed E-state index contributed by atoms with van der Waals surface area (Å²) in [6, 6.07) is 9.36. The fraction of sp³-hybridized carbons (Fsp3) is 0.250. The Morgan fingerprint density at radius 3 is 3.04 bits per heavy atom. The zero-order chi connectivity index (χ0) is 18.8. The number of oxazole rings is 1. The van der Waals surface area contributed by atoms with Crippen molar-refractivity contribution < 1.29 is 9.15 Å². The van der Waals surface area contributed by atoms with Crippen LogP contribution in [0.5, 0.6) is 5.75 Å². The van der Waals surface area contributed by atoms with Gasteiger partial charge < -0.3 is 19.5 Å². The summed E-state index contributed by atoms with van der Waals surface area (Å²) in [5.74, 6) is 0.0858. The Morgan fingerprint density at radius 2 is 2.15 bits per heavy atom. The molecule has 2 aromatic carbocycles. The smallest absolute Gasteiger partial charge is 0.417 e. The molecule has 4 rings (SSSR count). The maximum Gasteiger partial charge on any atom is 0.417 e. The molecule has 2 aromatic heterocycles. The van der Waals surface area contributed by atoms with E-state index in [9.17, 15) is 4.79 Å². The van der Waals surface area contributed by atoms with Crippen molar-refractivity contribution in [2.45, 2.75) is 13.3 Å². The largest absolute Gasteiger partial charge is 0.488 e. The molecule has 0 amide bonds. The summed E-state index contributed by atoms with van der Waals surface area (Å²) in [4.78, 5) is 17.2. The summed E-state index contributed by atoms with van der Waals surface area (Å²) in [7, 11) is 0. The van der Waals surface area contributed by atoms with E-state index in [1.807, 2.05) is 24.4 Å². The van der Waals surface area contributed by atoms with E-state index in [1.165, 1.54) is 10.9 Å². The minimum atomic E-state index is -0.478. The van der Waals surface area contributed by atoms with Gasteiger partial charge in [0, 0.05) is 28.7 Å². The number of halogens is 1. The lowest BCUT2D eigenvalue weighted by atomic mass is 10.1. The number of hydrogen-bond donors (Lipinski definition) is 3. The first kappa shape index (κ1) is 17.7. The molecule has 3 N–H and O–H groups in total. The van der Waals surface area contributed by atoms with E-state index in [0.29, 0.717) is 30.0 Å². The SMILES string of the molecule is Cc1cc(Cl)cc2c(CCNCCOc3cccc4[nH]c(=O)oc34)c[nH]c12. The summed E-state index contributed by atoms with van der Waals surface area (Å²) in [6.07, 6.45) is 2.93. The number of rotatable bonds is 7. The van der Waals surface area contributed by atoms with Crippen molar-refractivity contribution in [1.29, 1.82) is 0 Å². The molecule has 0 bridgehead atoms. The molecule has 7 heteroatoms. The Labute approximate surface area is 160 Å². The Balaban J connectivity index is 1.29. The molecule has 2 heterocycles. The van der Waals surface area contributed by atoms with E-state index in [2.05, 4.69) is 22.2 Å². The van der Waals surface area contributed by atoms with Crippen LogP contribution in [0.2, 0.25) is 5.02 Å². The van der Waals surface area contributed by atoms with Crippen molar-refractivity contribution in [2.24, 2.45) is 0 Å². The predicted molar refractivity (Wildman–Crippen MR) is 107 cm³/mol. The van der Waals surface area contributed by atoms with Crippen molar-refractivity contribution in [3.05, 3.63) is 63.2 Å². The van der Waals surface area contributed by atoms with E-state index in [4.69, 9.17) is 20.8 Å². The molecule has 0 fully saturated rings. The van der Waals surface area contributed by atoms with Crippen LogP contribution in [0, 0.1) is 6.92 Å². The number of fused-ring (bicyclic) bond motifs is 2. The highest BCUT2D eigenvalue weighted by molar-refractivity contribution is 6.31. The van der Waals surface area contributed by atoms with Gasteiger partial charge in [0.15, 0.2) is 11.3 Å². The average Bonchev–Trinajstić information content (AvgIpc) is 3.21. The van der Waals surface area contributed by atoms with E-state index in [0.717, 1.165) is 29.1 Å². The maximum atomic E-state index is 11.3. The maximum absolute atomic E-state index is 11.3. The van der Waals surface area contributed by atoms with E-state index in [1.54, 1.807) is 12.1 Å². The molecule has 0 aliphatic carbocycles. The van der Waals surface area contributed by atoms with Crippen molar-refractivity contribution in [2.75, 3.05) is 19.7 Å². The van der Waals surface area contributed by atoms with Crippen LogP contribution >= 0.6 is 11.6 Å². The van der Waals surface area contributed by atoms with Crippen molar-refractivity contribution >= 4 is 33.6 Å². The first-order chi connectivity index (χ1) is 13.1. The highest BCUT2D eigenvalue weighted by Crippen LogP contribution is 2.26. The monoisotopic (exact) mass is 385 g/mol. The van der Waals surface area contributed by atoms with Crippen molar-refractivity contribution in [3.8, 4) is 5.75 Å². The topological polar surface area (TPSA) is 83.0 Å². The quantitative estimate of drug-likeness (QED) is 0.423. The minimum Gasteiger partial charge on any atom is -0.488 e. The highest BCUT2D eigenvalue weighted by atomic mass is 35.5. The minimum absolute atomic E-state index is 0.452. The van der Waals surface area contributed by atoms with Crippen LogP contribution in [-0.4, -0.2) is 29.7 Å². The molecule has 27 heavy (non-hydrogen) atoms. The van der Waals surface area contributed by atoms with E-state index < -0.39 is 5.76 Å². The van der Waals surface area contributed by atoms with Gasteiger partial charge in [-0.2, -0.15) is 0 Å². The van der Waals surface area contributed by atoms with Gasteiger partial charge in [-0.25, -0.2) is 4.79 Å². The lowest BCUT2D eigenvalue weighted by Crippen LogP contribution is -2.23. The number of H-pyrrole nitrogens is 2. The third-order valence-electron chi connectivity index (χ3n) is 4.55. The Kier molecular flexibility index (Phi) is 4.92. The van der Waals surface area contributed by atoms with Gasteiger partial charge in [0.1, 0.15) is 6.61 Å². The number of nitrogens with one attached hydrogen (secondary N) is 3. The second-order valence-electron chi connectivity index (χ2n) is 6.45. The van der Waals surface area contributed by atoms with Gasteiger partial charge in [0.2, 0.25) is 0 Å². The Bertz CT molecular complexity index is 1140. The third-order valence-corrected chi connectivity index (χ3v) is 4.77. The zero-order valence-corrected chi connectivity index (χ0v) is 15.7. The number of aromatic amines is 2. The number of aromatic nitrogens is 2. The standard InChI is InChI=1S/C20H20ClN3O3/c1-12-9-14(21)10-15-13(11-23-18(12)15)5-6-22-7-8-26-17-4-2-3-16-19(17)27-20(25)24-16/h2-4,9-11,22-23H,5-8H2,1H3,(H,24,25). The summed E-state index contributed by atoms with van der Waals surface area (Å²) in [5.41, 5.74) is 4.62. The summed E-state index contributed by atoms with van der Waals surface area (Å²) in [5, 5.41) is 5.30. The van der Waals surface area contributed by atoms with Crippen LogP contribution in [0.4, 0.5) is 0 Å². The molecule has 6 nitrogen and oxygen atoms in total. The first-order valence-corrected chi connectivity index (χ1v) is 9.21. The number of hydrogen-bond acceptors (Lipinski definition) is 4. The molecule has 4 aromatic rings. The summed E-state index contributed by atoms with van der Waals surface area (Å²) in [6.45, 7) is 4.04. The lowest BCUT2D eigenvalue weighted by molar-refractivity contribution is 0.313. The van der Waals surface area contributed by atoms with Gasteiger partial charge in [-0.05, 0) is 55.3 Å². The van der Waals surface area contributed by atoms with Crippen LogP contribution in [0.3, 0.4) is 0 Å². The van der Waals surface area contributed by atoms with Crippen LogP contribution in [0.15, 0.2) is 45.7 Å². The van der Waals surface area contributed by atoms with Gasteiger partial charge >= 0.3 is 5.76 Å². The lowest BCUT2D eigenvalue weighted by Gasteiger charge is -2.07. The molecule has 0 radical (unpaired) electrons. The van der Waals surface area contributed by atoms with Crippen LogP contribution in [0.25, 0.3) is 22.0 Å². The Hall–Kier alpha value is -2.70. The van der Waals surface area contributed by atoms with Gasteiger partial charge in [-0.1, -0.05) is 17.7 Å². The average molecular weight is 386 g/mol. The fourth-order valence-electron chi connectivity index (χ4n) is 3.27. The molecular weight excluding hydrogens is 366 g/mol. The van der Waals surface area contributed by atoms with E-state index >= 15 is 0 Å². The summed E-state index contributed by atoms with van der Waals surface area (Å²) >= 11 is 6.18. The molecule has 0 saturated carbocycles. The van der Waals surface area contributed by atoms with Gasteiger partial charge in [0.05, 0.1) is 5.52 Å².